The Balaban J connectivity index is -0.000000559. The van der Waals surface area contributed by atoms with Gasteiger partial charge in [-0.2, -0.15) is 0 Å². The van der Waals surface area contributed by atoms with Crippen LogP contribution in [-0.4, -0.2) is 45.1 Å². The van der Waals surface area contributed by atoms with E-state index in [2.05, 4.69) is 86.8 Å². The van der Waals surface area contributed by atoms with Crippen LogP contribution < -0.4 is 0 Å². The zero-order chi connectivity index (χ0) is 39.6. The Morgan fingerprint density at radius 3 is 0.804 bits per heavy atom. The highest BCUT2D eigenvalue weighted by molar-refractivity contribution is 6.77. The van der Waals surface area contributed by atoms with E-state index in [0.717, 1.165) is 0 Å². The minimum Gasteiger partial charge on any atom is -0.420 e. The van der Waals surface area contributed by atoms with Crippen LogP contribution in [0.4, 0.5) is 0 Å². The van der Waals surface area contributed by atoms with Crippen molar-refractivity contribution in [1.82, 2.24) is 0 Å². The van der Waals surface area contributed by atoms with E-state index in [1.165, 1.54) is 54.1 Å². The maximum absolute atomic E-state index is 5.86. The summed E-state index contributed by atoms with van der Waals surface area (Å²) in [4.78, 5) is 0. The standard InChI is InChI=1S/2C10H24OSi.3C8H8.C2H6O/c1-8(2)12(11-7,9(3)4)10(5)6;1-5-8-12(11-4,9-6-2)10-7-3;3*1-2-8-6-4-3-5-7-8;1-3-2/h8-10H,1-7H3;5-10H2,1-4H3;3*2-7H,1H2;1-2H3. The zero-order valence-corrected chi connectivity index (χ0v) is 37.2. The second-order valence-corrected chi connectivity index (χ2v) is 23.3. The molecule has 3 nitrogen and oxygen atoms in total. The third-order valence-electron chi connectivity index (χ3n) is 8.72. The van der Waals surface area contributed by atoms with Crippen LogP contribution in [-0.2, 0) is 13.6 Å². The molecule has 0 atom stereocenters. The average molecular weight is 735 g/mol. The molecule has 3 aromatic rings. The fraction of sp³-hybridized carbons (Fsp3) is 0.478. The molecular formula is C46H78O3Si2. The van der Waals surface area contributed by atoms with E-state index < -0.39 is 16.6 Å². The molecule has 0 spiro atoms. The number of rotatable bonds is 14. The quantitative estimate of drug-likeness (QED) is 0.154. The minimum absolute atomic E-state index is 0.711. The van der Waals surface area contributed by atoms with Crippen LogP contribution in [0.25, 0.3) is 18.2 Å². The van der Waals surface area contributed by atoms with Gasteiger partial charge in [0.25, 0.3) is 0 Å². The van der Waals surface area contributed by atoms with Crippen molar-refractivity contribution in [2.24, 2.45) is 0 Å². The molecule has 51 heavy (non-hydrogen) atoms. The second-order valence-electron chi connectivity index (χ2n) is 13.4. The van der Waals surface area contributed by atoms with E-state index in [1.54, 1.807) is 14.2 Å². The Labute approximate surface area is 319 Å². The van der Waals surface area contributed by atoms with E-state index in [9.17, 15) is 0 Å². The third-order valence-corrected chi connectivity index (χ3v) is 19.9. The van der Waals surface area contributed by atoms with Gasteiger partial charge in [0.1, 0.15) is 0 Å². The predicted octanol–water partition coefficient (Wildman–Crippen LogP) is 14.9. The largest absolute Gasteiger partial charge is 0.420 e. The smallest absolute Gasteiger partial charge is 0.199 e. The van der Waals surface area contributed by atoms with Crippen LogP contribution in [0.2, 0.25) is 34.8 Å². The van der Waals surface area contributed by atoms with Gasteiger partial charge in [-0.05, 0) is 51.4 Å². The molecule has 0 aliphatic heterocycles. The third kappa shape index (κ3) is 24.1. The maximum Gasteiger partial charge on any atom is 0.199 e. The summed E-state index contributed by atoms with van der Waals surface area (Å²) < 4.78 is 15.9. The molecule has 0 aliphatic carbocycles. The van der Waals surface area contributed by atoms with Gasteiger partial charge < -0.3 is 13.6 Å². The van der Waals surface area contributed by atoms with Crippen molar-refractivity contribution in [3.8, 4) is 0 Å². The Morgan fingerprint density at radius 1 is 0.471 bits per heavy atom. The first kappa shape index (κ1) is 52.6. The molecule has 0 aliphatic rings. The summed E-state index contributed by atoms with van der Waals surface area (Å²) in [6.07, 6.45) is 9.38. The Morgan fingerprint density at radius 2 is 0.706 bits per heavy atom. The molecule has 0 unspecified atom stereocenters. The summed E-state index contributed by atoms with van der Waals surface area (Å²) >= 11 is 0. The highest BCUT2D eigenvalue weighted by atomic mass is 28.4. The van der Waals surface area contributed by atoms with Crippen molar-refractivity contribution in [1.29, 1.82) is 0 Å². The molecule has 0 bridgehead atoms. The van der Waals surface area contributed by atoms with Gasteiger partial charge in [-0.1, -0.05) is 211 Å². The van der Waals surface area contributed by atoms with Gasteiger partial charge in [0.05, 0.1) is 0 Å². The lowest BCUT2D eigenvalue weighted by Crippen LogP contribution is -2.46. The molecule has 0 aromatic heterocycles. The molecule has 0 saturated carbocycles. The number of benzene rings is 3. The molecule has 3 aromatic carbocycles. The van der Waals surface area contributed by atoms with Crippen molar-refractivity contribution >= 4 is 34.9 Å². The Hall–Kier alpha value is -2.81. The van der Waals surface area contributed by atoms with Crippen LogP contribution in [0.3, 0.4) is 0 Å². The van der Waals surface area contributed by atoms with Crippen LogP contribution in [0, 0.1) is 0 Å². The van der Waals surface area contributed by atoms with Gasteiger partial charge in [0.2, 0.25) is 0 Å². The minimum atomic E-state index is -1.50. The van der Waals surface area contributed by atoms with Gasteiger partial charge in [0.15, 0.2) is 16.6 Å². The van der Waals surface area contributed by atoms with E-state index in [4.69, 9.17) is 8.85 Å². The molecular weight excluding hydrogens is 657 g/mol. The van der Waals surface area contributed by atoms with Gasteiger partial charge >= 0.3 is 0 Å². The van der Waals surface area contributed by atoms with Gasteiger partial charge in [-0.15, -0.1) is 0 Å². The molecule has 288 valence electrons. The first-order chi connectivity index (χ1) is 24.3. The number of methoxy groups -OCH3 is 1. The van der Waals surface area contributed by atoms with E-state index in [0.29, 0.717) is 16.6 Å². The Bertz CT molecular complexity index is 1040. The SMILES string of the molecule is C=Cc1ccccc1.C=Cc1ccccc1.C=Cc1ccccc1.CCC[Si](CCC)(CCC)OC.COC.CO[Si](C(C)C)(C(C)C)C(C)C. The van der Waals surface area contributed by atoms with E-state index >= 15 is 0 Å². The topological polar surface area (TPSA) is 27.7 Å². The zero-order valence-electron chi connectivity index (χ0n) is 35.2. The molecule has 0 saturated heterocycles. The van der Waals surface area contributed by atoms with E-state index in [1.807, 2.05) is 123 Å². The summed E-state index contributed by atoms with van der Waals surface area (Å²) in [5, 5.41) is 0. The van der Waals surface area contributed by atoms with Crippen molar-refractivity contribution in [3.63, 3.8) is 0 Å². The summed E-state index contributed by atoms with van der Waals surface area (Å²) in [5.74, 6) is 0. The number of hydrogen-bond donors (Lipinski definition) is 0. The van der Waals surface area contributed by atoms with Gasteiger partial charge in [-0.25, -0.2) is 0 Å². The first-order valence-electron chi connectivity index (χ1n) is 18.9. The highest BCUT2D eigenvalue weighted by Gasteiger charge is 2.43. The molecule has 5 heteroatoms. The number of ether oxygens (including phenoxy) is 1. The lowest BCUT2D eigenvalue weighted by Gasteiger charge is -2.40. The van der Waals surface area contributed by atoms with Crippen molar-refractivity contribution in [2.75, 3.05) is 28.4 Å². The fourth-order valence-corrected chi connectivity index (χ4v) is 16.0. The molecule has 0 radical (unpaired) electrons. The van der Waals surface area contributed by atoms with Crippen LogP contribution in [0.1, 0.15) is 98.3 Å². The lowest BCUT2D eigenvalue weighted by atomic mass is 10.2. The van der Waals surface area contributed by atoms with Gasteiger partial charge in [0, 0.05) is 28.4 Å². The second kappa shape index (κ2) is 34.3. The van der Waals surface area contributed by atoms with Crippen LogP contribution >= 0.6 is 0 Å². The number of hydrogen-bond acceptors (Lipinski definition) is 3. The summed E-state index contributed by atoms with van der Waals surface area (Å²) in [6.45, 7) is 31.5. The molecule has 0 heterocycles. The molecule has 0 fully saturated rings. The highest BCUT2D eigenvalue weighted by Crippen LogP contribution is 2.41. The van der Waals surface area contributed by atoms with Crippen LogP contribution in [0.5, 0.6) is 0 Å². The molecule has 3 rings (SSSR count). The first-order valence-corrected chi connectivity index (χ1v) is 23.5. The normalized spacial score (nSPS) is 10.4. The molecule has 0 N–H and O–H groups in total. The van der Waals surface area contributed by atoms with Crippen molar-refractivity contribution in [2.45, 2.75) is 116 Å². The van der Waals surface area contributed by atoms with Crippen molar-refractivity contribution in [3.05, 3.63) is 127 Å². The molecule has 0 amide bonds. The lowest BCUT2D eigenvalue weighted by molar-refractivity contribution is 0.277. The van der Waals surface area contributed by atoms with Gasteiger partial charge in [-0.3, -0.25) is 0 Å². The fourth-order valence-electron chi connectivity index (χ4n) is 6.52. The predicted molar refractivity (Wildman–Crippen MR) is 239 cm³/mol. The summed E-state index contributed by atoms with van der Waals surface area (Å²) in [7, 11) is 4.30. The summed E-state index contributed by atoms with van der Waals surface area (Å²) in [6, 6.07) is 34.1. The Kier molecular flexibility index (Phi) is 35.3. The summed E-state index contributed by atoms with van der Waals surface area (Å²) in [5.41, 5.74) is 5.65. The van der Waals surface area contributed by atoms with E-state index in [-0.39, 0.29) is 0 Å². The monoisotopic (exact) mass is 735 g/mol. The average Bonchev–Trinajstić information content (AvgIpc) is 3.14. The van der Waals surface area contributed by atoms with Crippen LogP contribution in [0.15, 0.2) is 111 Å². The maximum atomic E-state index is 5.86. The van der Waals surface area contributed by atoms with Crippen molar-refractivity contribution < 1.29 is 13.6 Å².